The van der Waals surface area contributed by atoms with Gasteiger partial charge in [-0.15, -0.1) is 0 Å². The largest absolute Gasteiger partial charge is 0.379 e. The third kappa shape index (κ3) is 1.30. The van der Waals surface area contributed by atoms with Crippen LogP contribution >= 0.6 is 0 Å². The predicted molar refractivity (Wildman–Crippen MR) is 55.3 cm³/mol. The van der Waals surface area contributed by atoms with E-state index in [-0.39, 0.29) is 11.2 Å². The Hall–Kier alpha value is -0.930. The van der Waals surface area contributed by atoms with E-state index >= 15 is 0 Å². The van der Waals surface area contributed by atoms with E-state index in [0.717, 1.165) is 26.3 Å². The van der Waals surface area contributed by atoms with Gasteiger partial charge >= 0.3 is 0 Å². The fraction of sp³-hybridized carbons (Fsp3) is 0.500. The zero-order chi connectivity index (χ0) is 10.3. The second kappa shape index (κ2) is 3.29. The van der Waals surface area contributed by atoms with Gasteiger partial charge in [-0.2, -0.15) is 0 Å². The highest BCUT2D eigenvalue weighted by molar-refractivity contribution is 5.30. The van der Waals surface area contributed by atoms with Gasteiger partial charge in [0, 0.05) is 18.5 Å². The SMILES string of the molecule is Fc1ccc(C2(C3CNC3)COC2)cc1. The van der Waals surface area contributed by atoms with Crippen LogP contribution in [0.3, 0.4) is 0 Å². The highest BCUT2D eigenvalue weighted by Crippen LogP contribution is 2.41. The molecular weight excluding hydrogens is 193 g/mol. The molecule has 0 aliphatic carbocycles. The molecule has 3 heteroatoms. The van der Waals surface area contributed by atoms with Crippen molar-refractivity contribution in [2.75, 3.05) is 26.3 Å². The average Bonchev–Trinajstić information content (AvgIpc) is 2.10. The van der Waals surface area contributed by atoms with Crippen molar-refractivity contribution >= 4 is 0 Å². The summed E-state index contributed by atoms with van der Waals surface area (Å²) < 4.78 is 18.2. The maximum Gasteiger partial charge on any atom is 0.123 e. The molecule has 2 aliphatic heterocycles. The molecule has 2 nitrogen and oxygen atoms in total. The molecule has 1 aromatic carbocycles. The van der Waals surface area contributed by atoms with Crippen LogP contribution in [0.5, 0.6) is 0 Å². The zero-order valence-electron chi connectivity index (χ0n) is 8.50. The first-order valence-electron chi connectivity index (χ1n) is 5.36. The summed E-state index contributed by atoms with van der Waals surface area (Å²) >= 11 is 0. The molecule has 15 heavy (non-hydrogen) atoms. The predicted octanol–water partition coefficient (Wildman–Crippen LogP) is 1.31. The maximum atomic E-state index is 12.9. The molecule has 0 unspecified atom stereocenters. The number of ether oxygens (including phenoxy) is 1. The van der Waals surface area contributed by atoms with E-state index in [9.17, 15) is 4.39 Å². The van der Waals surface area contributed by atoms with E-state index in [4.69, 9.17) is 4.74 Å². The molecule has 2 fully saturated rings. The van der Waals surface area contributed by atoms with Crippen LogP contribution in [0.15, 0.2) is 24.3 Å². The van der Waals surface area contributed by atoms with E-state index in [1.807, 2.05) is 12.1 Å². The third-order valence-electron chi connectivity index (χ3n) is 3.70. The Labute approximate surface area is 88.4 Å². The van der Waals surface area contributed by atoms with Crippen molar-refractivity contribution in [2.45, 2.75) is 5.41 Å². The molecule has 0 bridgehead atoms. The molecule has 0 radical (unpaired) electrons. The molecule has 1 N–H and O–H groups in total. The number of halogens is 1. The van der Waals surface area contributed by atoms with Gasteiger partial charge in [-0.3, -0.25) is 0 Å². The Bertz CT molecular complexity index is 354. The molecule has 2 saturated heterocycles. The van der Waals surface area contributed by atoms with Crippen LogP contribution in [-0.2, 0) is 10.2 Å². The number of nitrogens with one attached hydrogen (secondary N) is 1. The summed E-state index contributed by atoms with van der Waals surface area (Å²) in [4.78, 5) is 0. The van der Waals surface area contributed by atoms with Gasteiger partial charge < -0.3 is 10.1 Å². The molecule has 0 saturated carbocycles. The summed E-state index contributed by atoms with van der Waals surface area (Å²) in [7, 11) is 0. The van der Waals surface area contributed by atoms with Crippen molar-refractivity contribution in [2.24, 2.45) is 5.92 Å². The molecule has 0 spiro atoms. The third-order valence-corrected chi connectivity index (χ3v) is 3.70. The lowest BCUT2D eigenvalue weighted by Crippen LogP contribution is -2.62. The maximum absolute atomic E-state index is 12.9. The Balaban J connectivity index is 1.92. The van der Waals surface area contributed by atoms with Crippen LogP contribution in [0, 0.1) is 11.7 Å². The average molecular weight is 207 g/mol. The summed E-state index contributed by atoms with van der Waals surface area (Å²) in [5, 5.41) is 3.29. The first kappa shape index (κ1) is 9.31. The summed E-state index contributed by atoms with van der Waals surface area (Å²) in [6.45, 7) is 3.68. The summed E-state index contributed by atoms with van der Waals surface area (Å²) in [5.41, 5.74) is 1.38. The lowest BCUT2D eigenvalue weighted by atomic mass is 9.66. The fourth-order valence-corrected chi connectivity index (χ4v) is 2.42. The van der Waals surface area contributed by atoms with Crippen molar-refractivity contribution < 1.29 is 9.13 Å². The van der Waals surface area contributed by atoms with Gasteiger partial charge in [0.2, 0.25) is 0 Å². The normalized spacial score (nSPS) is 24.3. The number of benzene rings is 1. The smallest absolute Gasteiger partial charge is 0.123 e. The monoisotopic (exact) mass is 207 g/mol. The van der Waals surface area contributed by atoms with Crippen molar-refractivity contribution in [3.05, 3.63) is 35.6 Å². The topological polar surface area (TPSA) is 21.3 Å². The van der Waals surface area contributed by atoms with Gasteiger partial charge in [0.25, 0.3) is 0 Å². The minimum Gasteiger partial charge on any atom is -0.379 e. The zero-order valence-corrected chi connectivity index (χ0v) is 8.50. The lowest BCUT2D eigenvalue weighted by Gasteiger charge is -2.51. The van der Waals surface area contributed by atoms with Crippen molar-refractivity contribution in [3.8, 4) is 0 Å². The Kier molecular flexibility index (Phi) is 2.04. The minimum atomic E-state index is -0.166. The summed E-state index contributed by atoms with van der Waals surface area (Å²) in [6.07, 6.45) is 0. The van der Waals surface area contributed by atoms with Gasteiger partial charge in [-0.05, 0) is 23.6 Å². The molecule has 0 aromatic heterocycles. The van der Waals surface area contributed by atoms with E-state index in [1.165, 1.54) is 5.56 Å². The van der Waals surface area contributed by atoms with Crippen LogP contribution in [0.25, 0.3) is 0 Å². The summed E-state index contributed by atoms with van der Waals surface area (Å²) in [6, 6.07) is 6.88. The fourth-order valence-electron chi connectivity index (χ4n) is 2.42. The molecule has 0 amide bonds. The Morgan fingerprint density at radius 1 is 1.20 bits per heavy atom. The van der Waals surface area contributed by atoms with Gasteiger partial charge in [0.05, 0.1) is 13.2 Å². The standard InChI is InChI=1S/C12H14FNO/c13-11-3-1-9(2-4-11)12(7-15-8-12)10-5-14-6-10/h1-4,10,14H,5-8H2. The molecule has 3 rings (SSSR count). The minimum absolute atomic E-state index is 0.152. The van der Waals surface area contributed by atoms with Gasteiger partial charge in [0.15, 0.2) is 0 Å². The van der Waals surface area contributed by atoms with E-state index in [0.29, 0.717) is 5.92 Å². The van der Waals surface area contributed by atoms with Crippen molar-refractivity contribution in [1.82, 2.24) is 5.32 Å². The first-order valence-corrected chi connectivity index (χ1v) is 5.36. The number of hydrogen-bond acceptors (Lipinski definition) is 2. The number of rotatable bonds is 2. The van der Waals surface area contributed by atoms with Crippen molar-refractivity contribution in [1.29, 1.82) is 0 Å². The van der Waals surface area contributed by atoms with Crippen LogP contribution in [0.2, 0.25) is 0 Å². The highest BCUT2D eigenvalue weighted by Gasteiger charge is 2.49. The molecule has 1 aromatic rings. The highest BCUT2D eigenvalue weighted by atomic mass is 19.1. The number of hydrogen-bond donors (Lipinski definition) is 1. The Morgan fingerprint density at radius 3 is 2.27 bits per heavy atom. The van der Waals surface area contributed by atoms with Gasteiger partial charge in [-0.25, -0.2) is 4.39 Å². The lowest BCUT2D eigenvalue weighted by molar-refractivity contribution is -0.101. The van der Waals surface area contributed by atoms with E-state index in [1.54, 1.807) is 12.1 Å². The molecule has 0 atom stereocenters. The summed E-state index contributed by atoms with van der Waals surface area (Å²) in [5.74, 6) is 0.484. The molecule has 2 aliphatic rings. The Morgan fingerprint density at radius 2 is 1.87 bits per heavy atom. The van der Waals surface area contributed by atoms with Crippen molar-refractivity contribution in [3.63, 3.8) is 0 Å². The molecule has 80 valence electrons. The quantitative estimate of drug-likeness (QED) is 0.789. The van der Waals surface area contributed by atoms with Gasteiger partial charge in [-0.1, -0.05) is 12.1 Å². The second-order valence-electron chi connectivity index (χ2n) is 4.51. The van der Waals surface area contributed by atoms with E-state index in [2.05, 4.69) is 5.32 Å². The second-order valence-corrected chi connectivity index (χ2v) is 4.51. The molecular formula is C12H14FNO. The first-order chi connectivity index (χ1) is 7.31. The molecule has 2 heterocycles. The van der Waals surface area contributed by atoms with Gasteiger partial charge in [0.1, 0.15) is 5.82 Å². The van der Waals surface area contributed by atoms with Crippen LogP contribution < -0.4 is 5.32 Å². The van der Waals surface area contributed by atoms with E-state index < -0.39 is 0 Å². The van der Waals surface area contributed by atoms with Crippen LogP contribution in [0.4, 0.5) is 4.39 Å². The van der Waals surface area contributed by atoms with Crippen LogP contribution in [0.1, 0.15) is 5.56 Å². The van der Waals surface area contributed by atoms with Crippen LogP contribution in [-0.4, -0.2) is 26.3 Å².